The Morgan fingerprint density at radius 1 is 1.28 bits per heavy atom. The molecule has 1 fully saturated rings. The average molecular weight is 410 g/mol. The van der Waals surface area contributed by atoms with Gasteiger partial charge in [0.1, 0.15) is 0 Å². The zero-order valence-electron chi connectivity index (χ0n) is 16.3. The van der Waals surface area contributed by atoms with Crippen LogP contribution in [0.5, 0.6) is 0 Å². The van der Waals surface area contributed by atoms with Crippen molar-refractivity contribution in [3.05, 3.63) is 40.3 Å². The molecule has 1 aromatic carbocycles. The maximum atomic E-state index is 12.9. The third-order valence-electron chi connectivity index (χ3n) is 5.39. The van der Waals surface area contributed by atoms with Crippen LogP contribution in [0.3, 0.4) is 0 Å². The standard InChI is InChI=1S/C20H25F3N4O2/c1-26-18(15-7-4-8-16(13-15)20(21,22)23)25-27(19(26)29)12-11-24-17(28)10-9-14-5-2-3-6-14/h4,7-8,13-14H,2-3,5-6,9-12H2,1H3,(H,24,28). The minimum atomic E-state index is -4.47. The first kappa shape index (κ1) is 21.1. The Bertz CT molecular complexity index is 911. The Labute approximate surface area is 166 Å². The van der Waals surface area contributed by atoms with E-state index in [0.717, 1.165) is 23.2 Å². The lowest BCUT2D eigenvalue weighted by Crippen LogP contribution is -2.31. The lowest BCUT2D eigenvalue weighted by molar-refractivity contribution is -0.137. The zero-order chi connectivity index (χ0) is 21.0. The number of carbonyl (C=O) groups is 1. The normalized spacial score (nSPS) is 15.0. The summed E-state index contributed by atoms with van der Waals surface area (Å²) >= 11 is 0. The molecule has 1 aliphatic carbocycles. The molecule has 0 unspecified atom stereocenters. The second kappa shape index (κ2) is 8.84. The van der Waals surface area contributed by atoms with Gasteiger partial charge in [0.05, 0.1) is 12.1 Å². The highest BCUT2D eigenvalue weighted by atomic mass is 19.4. The minimum absolute atomic E-state index is 0.0565. The van der Waals surface area contributed by atoms with Gasteiger partial charge in [-0.3, -0.25) is 9.36 Å². The van der Waals surface area contributed by atoms with Crippen molar-refractivity contribution in [1.29, 1.82) is 0 Å². The molecular weight excluding hydrogens is 385 g/mol. The number of carbonyl (C=O) groups excluding carboxylic acids is 1. The third-order valence-corrected chi connectivity index (χ3v) is 5.39. The van der Waals surface area contributed by atoms with Crippen molar-refractivity contribution in [2.75, 3.05) is 6.54 Å². The predicted molar refractivity (Wildman–Crippen MR) is 102 cm³/mol. The molecule has 1 aromatic heterocycles. The van der Waals surface area contributed by atoms with E-state index >= 15 is 0 Å². The van der Waals surface area contributed by atoms with Gasteiger partial charge in [0.2, 0.25) is 5.91 Å². The Hall–Kier alpha value is -2.58. The Kier molecular flexibility index (Phi) is 6.44. The topological polar surface area (TPSA) is 68.9 Å². The van der Waals surface area contributed by atoms with Crippen molar-refractivity contribution in [2.45, 2.75) is 51.2 Å². The highest BCUT2D eigenvalue weighted by molar-refractivity contribution is 5.75. The summed E-state index contributed by atoms with van der Waals surface area (Å²) in [5.41, 5.74) is -1.04. The first-order chi connectivity index (χ1) is 13.8. The van der Waals surface area contributed by atoms with Crippen molar-refractivity contribution in [3.63, 3.8) is 0 Å². The number of hydrogen-bond donors (Lipinski definition) is 1. The van der Waals surface area contributed by atoms with Gasteiger partial charge in [-0.05, 0) is 24.5 Å². The summed E-state index contributed by atoms with van der Waals surface area (Å²) in [7, 11) is 1.46. The largest absolute Gasteiger partial charge is 0.416 e. The zero-order valence-corrected chi connectivity index (χ0v) is 16.3. The summed E-state index contributed by atoms with van der Waals surface area (Å²) in [6, 6.07) is 4.70. The smallest absolute Gasteiger partial charge is 0.354 e. The van der Waals surface area contributed by atoms with Gasteiger partial charge in [-0.25, -0.2) is 9.48 Å². The highest BCUT2D eigenvalue weighted by Crippen LogP contribution is 2.31. The molecule has 1 heterocycles. The Morgan fingerprint density at radius 3 is 2.69 bits per heavy atom. The molecule has 158 valence electrons. The summed E-state index contributed by atoms with van der Waals surface area (Å²) in [4.78, 5) is 24.3. The van der Waals surface area contributed by atoms with E-state index in [2.05, 4.69) is 10.4 Å². The summed E-state index contributed by atoms with van der Waals surface area (Å²) in [5.74, 6) is 0.724. The molecule has 0 bridgehead atoms. The number of amides is 1. The third kappa shape index (κ3) is 5.27. The first-order valence-corrected chi connectivity index (χ1v) is 9.84. The van der Waals surface area contributed by atoms with Crippen LogP contribution >= 0.6 is 0 Å². The van der Waals surface area contributed by atoms with Crippen LogP contribution in [0.1, 0.15) is 44.1 Å². The summed E-state index contributed by atoms with van der Waals surface area (Å²) in [6.45, 7) is 0.392. The number of nitrogens with one attached hydrogen (secondary N) is 1. The summed E-state index contributed by atoms with van der Waals surface area (Å²) in [6.07, 6.45) is 1.74. The fourth-order valence-corrected chi connectivity index (χ4v) is 3.74. The quantitative estimate of drug-likeness (QED) is 0.761. The molecular formula is C20H25F3N4O2. The lowest BCUT2D eigenvalue weighted by Gasteiger charge is -2.09. The van der Waals surface area contributed by atoms with Crippen LogP contribution in [0.25, 0.3) is 11.4 Å². The molecule has 0 radical (unpaired) electrons. The van der Waals surface area contributed by atoms with Crippen LogP contribution in [0.4, 0.5) is 13.2 Å². The number of halogens is 3. The van der Waals surface area contributed by atoms with Crippen LogP contribution in [-0.4, -0.2) is 26.8 Å². The molecule has 2 aromatic rings. The van der Waals surface area contributed by atoms with Crippen LogP contribution < -0.4 is 11.0 Å². The first-order valence-electron chi connectivity index (χ1n) is 9.84. The molecule has 6 nitrogen and oxygen atoms in total. The van der Waals surface area contributed by atoms with Crippen molar-refractivity contribution < 1.29 is 18.0 Å². The number of rotatable bonds is 7. The van der Waals surface area contributed by atoms with Crippen molar-refractivity contribution in [1.82, 2.24) is 19.7 Å². The van der Waals surface area contributed by atoms with Gasteiger partial charge in [-0.15, -0.1) is 5.10 Å². The molecule has 1 amide bonds. The molecule has 29 heavy (non-hydrogen) atoms. The van der Waals surface area contributed by atoms with Gasteiger partial charge in [-0.2, -0.15) is 13.2 Å². The van der Waals surface area contributed by atoms with Crippen LogP contribution in [-0.2, 0) is 24.6 Å². The summed E-state index contributed by atoms with van der Waals surface area (Å²) < 4.78 is 41.2. The Balaban J connectivity index is 1.60. The van der Waals surface area contributed by atoms with Crippen LogP contribution in [0, 0.1) is 5.92 Å². The minimum Gasteiger partial charge on any atom is -0.354 e. The predicted octanol–water partition coefficient (Wildman–Crippen LogP) is 3.35. The van der Waals surface area contributed by atoms with Gasteiger partial charge in [0, 0.05) is 25.6 Å². The monoisotopic (exact) mass is 410 g/mol. The average Bonchev–Trinajstić information content (AvgIpc) is 3.30. The van der Waals surface area contributed by atoms with E-state index in [9.17, 15) is 22.8 Å². The molecule has 1 aliphatic rings. The molecule has 1 N–H and O–H groups in total. The van der Waals surface area contributed by atoms with Crippen molar-refractivity contribution in [3.8, 4) is 11.4 Å². The number of hydrogen-bond acceptors (Lipinski definition) is 3. The number of aromatic nitrogens is 3. The van der Waals surface area contributed by atoms with E-state index < -0.39 is 17.4 Å². The SMILES string of the molecule is Cn1c(-c2cccc(C(F)(F)F)c2)nn(CCNC(=O)CCC2CCCC2)c1=O. The fourth-order valence-electron chi connectivity index (χ4n) is 3.74. The van der Waals surface area contributed by atoms with E-state index in [1.54, 1.807) is 0 Å². The number of nitrogens with zero attached hydrogens (tertiary/aromatic N) is 3. The number of alkyl halides is 3. The molecule has 9 heteroatoms. The van der Waals surface area contributed by atoms with E-state index in [4.69, 9.17) is 0 Å². The molecule has 0 atom stereocenters. The van der Waals surface area contributed by atoms with Gasteiger partial charge in [0.15, 0.2) is 5.82 Å². The molecule has 1 saturated carbocycles. The maximum Gasteiger partial charge on any atom is 0.416 e. The number of benzene rings is 1. The Morgan fingerprint density at radius 2 is 2.00 bits per heavy atom. The van der Waals surface area contributed by atoms with Gasteiger partial charge < -0.3 is 5.32 Å². The van der Waals surface area contributed by atoms with Gasteiger partial charge in [-0.1, -0.05) is 37.8 Å². The van der Waals surface area contributed by atoms with Crippen LogP contribution in [0.15, 0.2) is 29.1 Å². The molecule has 0 saturated heterocycles. The highest BCUT2D eigenvalue weighted by Gasteiger charge is 2.31. The molecule has 3 rings (SSSR count). The van der Waals surface area contributed by atoms with Crippen LogP contribution in [0.2, 0.25) is 0 Å². The molecule has 0 spiro atoms. The second-order valence-corrected chi connectivity index (χ2v) is 7.51. The lowest BCUT2D eigenvalue weighted by atomic mass is 10.0. The van der Waals surface area contributed by atoms with E-state index in [1.165, 1.54) is 49.4 Å². The fraction of sp³-hybridized carbons (Fsp3) is 0.550. The van der Waals surface area contributed by atoms with Crippen molar-refractivity contribution in [2.24, 2.45) is 13.0 Å². The second-order valence-electron chi connectivity index (χ2n) is 7.51. The maximum absolute atomic E-state index is 12.9. The van der Waals surface area contributed by atoms with E-state index in [1.807, 2.05) is 0 Å². The van der Waals surface area contributed by atoms with Gasteiger partial charge in [0.25, 0.3) is 0 Å². The van der Waals surface area contributed by atoms with E-state index in [-0.39, 0.29) is 30.4 Å². The van der Waals surface area contributed by atoms with E-state index in [0.29, 0.717) is 12.3 Å². The molecule has 0 aliphatic heterocycles. The summed E-state index contributed by atoms with van der Waals surface area (Å²) in [5, 5.41) is 6.94. The van der Waals surface area contributed by atoms with Crippen molar-refractivity contribution >= 4 is 5.91 Å². The van der Waals surface area contributed by atoms with Gasteiger partial charge >= 0.3 is 11.9 Å².